The summed E-state index contributed by atoms with van der Waals surface area (Å²) in [5.74, 6) is 0.121. The lowest BCUT2D eigenvalue weighted by Gasteiger charge is -2.06. The number of hydrogen-bond donors (Lipinski definition) is 1. The molecule has 6 nitrogen and oxygen atoms in total. The van der Waals surface area contributed by atoms with Crippen molar-refractivity contribution in [1.29, 1.82) is 5.26 Å². The molecule has 1 unspecified atom stereocenters. The van der Waals surface area contributed by atoms with Crippen LogP contribution in [0.25, 0.3) is 0 Å². The number of hydrogen-bond acceptors (Lipinski definition) is 4. The molecular formula is C12H11N3O3. The van der Waals surface area contributed by atoms with Gasteiger partial charge in [-0.05, 0) is 12.1 Å². The van der Waals surface area contributed by atoms with Crippen molar-refractivity contribution >= 4 is 12.0 Å². The van der Waals surface area contributed by atoms with Gasteiger partial charge in [0.1, 0.15) is 18.3 Å². The Morgan fingerprint density at radius 1 is 1.44 bits per heavy atom. The first-order valence-electron chi connectivity index (χ1n) is 5.40. The zero-order valence-corrected chi connectivity index (χ0v) is 9.50. The lowest BCUT2D eigenvalue weighted by molar-refractivity contribution is -0.125. The summed E-state index contributed by atoms with van der Waals surface area (Å²) in [6.45, 7) is 0.272. The molecule has 0 bridgehead atoms. The summed E-state index contributed by atoms with van der Waals surface area (Å²) in [5, 5.41) is 10.9. The van der Waals surface area contributed by atoms with Crippen LogP contribution in [-0.2, 0) is 4.79 Å². The van der Waals surface area contributed by atoms with Gasteiger partial charge in [0.05, 0.1) is 12.6 Å². The Morgan fingerprint density at radius 3 is 2.78 bits per heavy atom. The number of carbonyl (C=O) groups excluding carboxylic acids is 2. The third-order valence-electron chi connectivity index (χ3n) is 2.42. The highest BCUT2D eigenvalue weighted by Crippen LogP contribution is 2.15. The highest BCUT2D eigenvalue weighted by atomic mass is 16.6. The van der Waals surface area contributed by atoms with Crippen LogP contribution in [0.15, 0.2) is 30.3 Å². The van der Waals surface area contributed by atoms with E-state index in [1.807, 2.05) is 6.07 Å². The third-order valence-corrected chi connectivity index (χ3v) is 2.42. The van der Waals surface area contributed by atoms with Crippen LogP contribution in [0.5, 0.6) is 5.75 Å². The minimum Gasteiger partial charge on any atom is -0.410 e. The van der Waals surface area contributed by atoms with Gasteiger partial charge in [-0.2, -0.15) is 5.26 Å². The van der Waals surface area contributed by atoms with Crippen molar-refractivity contribution < 1.29 is 14.3 Å². The van der Waals surface area contributed by atoms with Crippen molar-refractivity contribution in [2.45, 2.75) is 6.04 Å². The predicted octanol–water partition coefficient (Wildman–Crippen LogP) is 0.509. The average molecular weight is 245 g/mol. The van der Waals surface area contributed by atoms with Gasteiger partial charge in [0.25, 0.3) is 0 Å². The number of benzene rings is 1. The molecular weight excluding hydrogens is 234 g/mol. The highest BCUT2D eigenvalue weighted by Gasteiger charge is 2.38. The quantitative estimate of drug-likeness (QED) is 0.786. The van der Waals surface area contributed by atoms with Gasteiger partial charge < -0.3 is 15.0 Å². The van der Waals surface area contributed by atoms with Crippen LogP contribution in [-0.4, -0.2) is 36.0 Å². The maximum absolute atomic E-state index is 11.4. The van der Waals surface area contributed by atoms with E-state index in [1.165, 1.54) is 4.90 Å². The van der Waals surface area contributed by atoms with Gasteiger partial charge in [0, 0.05) is 0 Å². The van der Waals surface area contributed by atoms with Gasteiger partial charge in [-0.15, -0.1) is 0 Å². The average Bonchev–Trinajstić information content (AvgIpc) is 3.16. The van der Waals surface area contributed by atoms with E-state index in [4.69, 9.17) is 10.00 Å². The number of nitrogens with one attached hydrogen (secondary N) is 1. The van der Waals surface area contributed by atoms with E-state index in [2.05, 4.69) is 5.32 Å². The SMILES string of the molecule is N#CC1CN1C(=O)CNC(=O)Oc1ccccc1. The standard InChI is InChI=1S/C12H11N3O3/c13-6-9-8-15(9)11(16)7-14-12(17)18-10-4-2-1-3-5-10/h1-5,9H,7-8H2,(H,14,17). The predicted molar refractivity (Wildman–Crippen MR) is 61.6 cm³/mol. The smallest absolute Gasteiger partial charge is 0.410 e. The molecule has 2 rings (SSSR count). The Hall–Kier alpha value is -2.55. The molecule has 1 aromatic rings. The van der Waals surface area contributed by atoms with Crippen LogP contribution in [0, 0.1) is 11.3 Å². The normalized spacial score (nSPS) is 16.6. The van der Waals surface area contributed by atoms with Crippen LogP contribution in [0.3, 0.4) is 0 Å². The molecule has 1 aliphatic rings. The zero-order valence-electron chi connectivity index (χ0n) is 9.50. The molecule has 1 N–H and O–H groups in total. The zero-order chi connectivity index (χ0) is 13.0. The summed E-state index contributed by atoms with van der Waals surface area (Å²) in [4.78, 5) is 24.2. The fourth-order valence-electron chi connectivity index (χ4n) is 1.41. The number of amides is 2. The summed E-state index contributed by atoms with van der Waals surface area (Å²) in [6, 6.07) is 10.2. The van der Waals surface area contributed by atoms with Crippen molar-refractivity contribution in [3.63, 3.8) is 0 Å². The first kappa shape index (κ1) is 11.9. The molecule has 0 spiro atoms. The molecule has 6 heteroatoms. The molecule has 0 aromatic heterocycles. The number of para-hydroxylation sites is 1. The fraction of sp³-hybridized carbons (Fsp3) is 0.250. The monoisotopic (exact) mass is 245 g/mol. The molecule has 1 atom stereocenters. The molecule has 18 heavy (non-hydrogen) atoms. The number of nitrogens with zero attached hydrogens (tertiary/aromatic N) is 2. The molecule has 0 aliphatic carbocycles. The molecule has 1 aromatic carbocycles. The fourth-order valence-corrected chi connectivity index (χ4v) is 1.41. The van der Waals surface area contributed by atoms with E-state index in [9.17, 15) is 9.59 Å². The second-order valence-corrected chi connectivity index (χ2v) is 3.75. The minimum absolute atomic E-state index is 0.163. The Labute approximate surface area is 104 Å². The number of ether oxygens (including phenoxy) is 1. The molecule has 1 aliphatic heterocycles. The van der Waals surface area contributed by atoms with E-state index in [0.29, 0.717) is 12.3 Å². The lowest BCUT2D eigenvalue weighted by atomic mass is 10.3. The molecule has 1 heterocycles. The number of carbonyl (C=O) groups is 2. The Balaban J connectivity index is 1.73. The minimum atomic E-state index is -0.690. The first-order valence-corrected chi connectivity index (χ1v) is 5.40. The molecule has 92 valence electrons. The van der Waals surface area contributed by atoms with Crippen molar-refractivity contribution in [2.75, 3.05) is 13.1 Å². The highest BCUT2D eigenvalue weighted by molar-refractivity contribution is 5.85. The van der Waals surface area contributed by atoms with E-state index >= 15 is 0 Å². The summed E-state index contributed by atoms with van der Waals surface area (Å²) in [5.41, 5.74) is 0. The molecule has 1 fully saturated rings. The van der Waals surface area contributed by atoms with Crippen LogP contribution in [0.2, 0.25) is 0 Å². The van der Waals surface area contributed by atoms with Gasteiger partial charge >= 0.3 is 6.09 Å². The summed E-state index contributed by atoms with van der Waals surface area (Å²) >= 11 is 0. The van der Waals surface area contributed by atoms with Crippen molar-refractivity contribution in [3.05, 3.63) is 30.3 Å². The molecule has 0 radical (unpaired) electrons. The lowest BCUT2D eigenvalue weighted by Crippen LogP contribution is -2.35. The van der Waals surface area contributed by atoms with Crippen molar-refractivity contribution in [2.24, 2.45) is 0 Å². The Kier molecular flexibility index (Phi) is 3.44. The third kappa shape index (κ3) is 2.98. The van der Waals surface area contributed by atoms with E-state index in [-0.39, 0.29) is 18.5 Å². The summed E-state index contributed by atoms with van der Waals surface area (Å²) < 4.78 is 4.93. The van der Waals surface area contributed by atoms with Crippen molar-refractivity contribution in [1.82, 2.24) is 10.2 Å². The Bertz CT molecular complexity index is 495. The number of nitriles is 1. The van der Waals surface area contributed by atoms with Crippen LogP contribution in [0.1, 0.15) is 0 Å². The second-order valence-electron chi connectivity index (χ2n) is 3.75. The van der Waals surface area contributed by atoms with Crippen LogP contribution < -0.4 is 10.1 Å². The second kappa shape index (κ2) is 5.19. The van der Waals surface area contributed by atoms with E-state index in [0.717, 1.165) is 0 Å². The number of rotatable bonds is 3. The van der Waals surface area contributed by atoms with Crippen LogP contribution >= 0.6 is 0 Å². The van der Waals surface area contributed by atoms with Crippen LogP contribution in [0.4, 0.5) is 4.79 Å². The van der Waals surface area contributed by atoms with Crippen molar-refractivity contribution in [3.8, 4) is 11.8 Å². The van der Waals surface area contributed by atoms with E-state index in [1.54, 1.807) is 30.3 Å². The summed E-state index contributed by atoms with van der Waals surface area (Å²) in [7, 11) is 0. The molecule has 1 saturated heterocycles. The topological polar surface area (TPSA) is 82.2 Å². The van der Waals surface area contributed by atoms with Gasteiger partial charge in [0.2, 0.25) is 5.91 Å². The van der Waals surface area contributed by atoms with Gasteiger partial charge in [-0.1, -0.05) is 18.2 Å². The van der Waals surface area contributed by atoms with Gasteiger partial charge in [-0.25, -0.2) is 4.79 Å². The molecule has 2 amide bonds. The van der Waals surface area contributed by atoms with Gasteiger partial charge in [0.15, 0.2) is 0 Å². The largest absolute Gasteiger partial charge is 0.413 e. The maximum Gasteiger partial charge on any atom is 0.413 e. The Morgan fingerprint density at radius 2 is 2.17 bits per heavy atom. The van der Waals surface area contributed by atoms with E-state index < -0.39 is 6.09 Å². The summed E-state index contributed by atoms with van der Waals surface area (Å²) in [6.07, 6.45) is -0.690. The first-order chi connectivity index (χ1) is 8.70. The van der Waals surface area contributed by atoms with Gasteiger partial charge in [-0.3, -0.25) is 4.79 Å². The maximum atomic E-state index is 11.4. The molecule has 0 saturated carbocycles.